The molecule has 0 aliphatic heterocycles. The molecule has 0 aliphatic carbocycles. The molecule has 0 bridgehead atoms. The quantitative estimate of drug-likeness (QED) is 0.627. The van der Waals surface area contributed by atoms with E-state index in [0.29, 0.717) is 11.1 Å². The van der Waals surface area contributed by atoms with Gasteiger partial charge in [-0.05, 0) is 12.1 Å². The zero-order chi connectivity index (χ0) is 12.8. The maximum atomic E-state index is 9.42. The second kappa shape index (κ2) is 5.53. The summed E-state index contributed by atoms with van der Waals surface area (Å²) >= 11 is 0. The first kappa shape index (κ1) is 11.7. The highest BCUT2D eigenvalue weighted by Gasteiger charge is 1.96. The van der Waals surface area contributed by atoms with E-state index in [-0.39, 0.29) is 11.5 Å². The Kier molecular flexibility index (Phi) is 3.60. The third-order valence-electron chi connectivity index (χ3n) is 2.13. The molecule has 0 aromatic carbocycles. The summed E-state index contributed by atoms with van der Waals surface area (Å²) in [5.41, 5.74) is 1.03. The Morgan fingerprint density at radius 2 is 1.28 bits per heavy atom. The normalized spacial score (nSPS) is 11.3. The maximum Gasteiger partial charge on any atom is 0.142 e. The predicted octanol–water partition coefficient (Wildman–Crippen LogP) is 1.34. The van der Waals surface area contributed by atoms with Gasteiger partial charge in [-0.1, -0.05) is 0 Å². The van der Waals surface area contributed by atoms with E-state index in [4.69, 9.17) is 0 Å². The predicted molar refractivity (Wildman–Crippen MR) is 67.0 cm³/mol. The monoisotopic (exact) mass is 242 g/mol. The molecule has 6 heteroatoms. The highest BCUT2D eigenvalue weighted by molar-refractivity contribution is 5.85. The molecule has 18 heavy (non-hydrogen) atoms. The van der Waals surface area contributed by atoms with Gasteiger partial charge in [0.1, 0.15) is 11.5 Å². The summed E-state index contributed by atoms with van der Waals surface area (Å²) in [7, 11) is 0. The van der Waals surface area contributed by atoms with E-state index in [9.17, 15) is 10.2 Å². The Morgan fingerprint density at radius 1 is 0.833 bits per heavy atom. The lowest BCUT2D eigenvalue weighted by atomic mass is 10.3. The van der Waals surface area contributed by atoms with Gasteiger partial charge in [0.2, 0.25) is 0 Å². The summed E-state index contributed by atoms with van der Waals surface area (Å²) < 4.78 is 0. The molecule has 0 aliphatic rings. The molecule has 0 fully saturated rings. The zero-order valence-corrected chi connectivity index (χ0v) is 9.30. The van der Waals surface area contributed by atoms with Crippen LogP contribution in [0.1, 0.15) is 11.1 Å². The van der Waals surface area contributed by atoms with Gasteiger partial charge in [-0.3, -0.25) is 9.97 Å². The van der Waals surface area contributed by atoms with Crippen LogP contribution >= 0.6 is 0 Å². The number of pyridine rings is 2. The van der Waals surface area contributed by atoms with Crippen LogP contribution in [0.4, 0.5) is 0 Å². The zero-order valence-electron chi connectivity index (χ0n) is 9.30. The summed E-state index contributed by atoms with van der Waals surface area (Å²) in [4.78, 5) is 7.48. The second-order valence-corrected chi connectivity index (χ2v) is 3.36. The van der Waals surface area contributed by atoms with Crippen LogP contribution in [0.25, 0.3) is 0 Å². The Bertz CT molecular complexity index is 543. The van der Waals surface area contributed by atoms with Crippen molar-refractivity contribution in [2.24, 2.45) is 10.2 Å². The Labute approximate surface area is 103 Å². The van der Waals surface area contributed by atoms with E-state index in [1.54, 1.807) is 24.5 Å². The lowest BCUT2D eigenvalue weighted by molar-refractivity contribution is 0.471. The summed E-state index contributed by atoms with van der Waals surface area (Å²) in [6.45, 7) is 0. The SMILES string of the molecule is Oc1cnccc1/C=N/N=C/c1ccncc1O. The molecule has 0 radical (unpaired) electrons. The van der Waals surface area contributed by atoms with Crippen LogP contribution in [0, 0.1) is 0 Å². The highest BCUT2D eigenvalue weighted by atomic mass is 16.3. The molecule has 0 unspecified atom stereocenters. The molecule has 0 saturated carbocycles. The van der Waals surface area contributed by atoms with Crippen molar-refractivity contribution in [1.82, 2.24) is 9.97 Å². The lowest BCUT2D eigenvalue weighted by Gasteiger charge is -1.95. The molecule has 2 aromatic rings. The van der Waals surface area contributed by atoms with Crippen LogP contribution in [0.15, 0.2) is 47.1 Å². The van der Waals surface area contributed by atoms with Crippen molar-refractivity contribution in [2.45, 2.75) is 0 Å². The van der Waals surface area contributed by atoms with Crippen molar-refractivity contribution in [3.05, 3.63) is 48.0 Å². The average molecular weight is 242 g/mol. The lowest BCUT2D eigenvalue weighted by Crippen LogP contribution is -1.84. The number of rotatable bonds is 3. The second-order valence-electron chi connectivity index (χ2n) is 3.36. The molecule has 2 N–H and O–H groups in total. The van der Waals surface area contributed by atoms with Crippen LogP contribution in [-0.2, 0) is 0 Å². The van der Waals surface area contributed by atoms with E-state index in [0.717, 1.165) is 0 Å². The molecule has 0 atom stereocenters. The first-order chi connectivity index (χ1) is 8.77. The van der Waals surface area contributed by atoms with Crippen LogP contribution in [0.5, 0.6) is 11.5 Å². The van der Waals surface area contributed by atoms with Crippen molar-refractivity contribution >= 4 is 12.4 Å². The number of aromatic nitrogens is 2. The van der Waals surface area contributed by atoms with E-state index in [2.05, 4.69) is 20.2 Å². The van der Waals surface area contributed by atoms with Crippen molar-refractivity contribution in [2.75, 3.05) is 0 Å². The number of hydrogen-bond donors (Lipinski definition) is 2. The fourth-order valence-electron chi connectivity index (χ4n) is 1.20. The molecule has 0 saturated heterocycles. The molecular weight excluding hydrogens is 232 g/mol. The van der Waals surface area contributed by atoms with Gasteiger partial charge in [0.05, 0.1) is 24.8 Å². The third-order valence-corrected chi connectivity index (χ3v) is 2.13. The smallest absolute Gasteiger partial charge is 0.142 e. The maximum absolute atomic E-state index is 9.42. The van der Waals surface area contributed by atoms with Crippen LogP contribution in [0.2, 0.25) is 0 Å². The highest BCUT2D eigenvalue weighted by Crippen LogP contribution is 2.12. The molecule has 2 rings (SSSR count). The van der Waals surface area contributed by atoms with Gasteiger partial charge in [-0.15, -0.1) is 0 Å². The molecular formula is C12H10N4O2. The number of hydrogen-bond acceptors (Lipinski definition) is 6. The van der Waals surface area contributed by atoms with Gasteiger partial charge in [0.25, 0.3) is 0 Å². The largest absolute Gasteiger partial charge is 0.506 e. The van der Waals surface area contributed by atoms with Gasteiger partial charge in [-0.2, -0.15) is 10.2 Å². The van der Waals surface area contributed by atoms with Gasteiger partial charge in [-0.25, -0.2) is 0 Å². The minimum atomic E-state index is 0.0307. The number of aromatic hydroxyl groups is 2. The van der Waals surface area contributed by atoms with Crippen molar-refractivity contribution in [1.29, 1.82) is 0 Å². The van der Waals surface area contributed by atoms with Gasteiger partial charge < -0.3 is 10.2 Å². The van der Waals surface area contributed by atoms with E-state index in [1.807, 2.05) is 0 Å². The van der Waals surface area contributed by atoms with E-state index < -0.39 is 0 Å². The van der Waals surface area contributed by atoms with Crippen molar-refractivity contribution in [3.8, 4) is 11.5 Å². The van der Waals surface area contributed by atoms with Gasteiger partial charge >= 0.3 is 0 Å². The Hall–Kier alpha value is -2.76. The van der Waals surface area contributed by atoms with Crippen LogP contribution < -0.4 is 0 Å². The third kappa shape index (κ3) is 2.88. The van der Waals surface area contributed by atoms with Crippen LogP contribution in [0.3, 0.4) is 0 Å². The van der Waals surface area contributed by atoms with E-state index >= 15 is 0 Å². The standard InChI is InChI=1S/C12H10N4O2/c17-11-7-13-3-1-9(11)5-15-16-6-10-2-4-14-8-12(10)18/h1-8,17-18H/b15-5+,16-6+. The minimum absolute atomic E-state index is 0.0307. The molecule has 2 aromatic heterocycles. The molecule has 2 heterocycles. The summed E-state index contributed by atoms with van der Waals surface area (Å²) in [6, 6.07) is 3.22. The molecule has 6 nitrogen and oxygen atoms in total. The fourth-order valence-corrected chi connectivity index (χ4v) is 1.20. The Morgan fingerprint density at radius 3 is 1.67 bits per heavy atom. The van der Waals surface area contributed by atoms with Crippen molar-refractivity contribution in [3.63, 3.8) is 0 Å². The van der Waals surface area contributed by atoms with Gasteiger partial charge in [0.15, 0.2) is 0 Å². The molecule has 0 spiro atoms. The topological polar surface area (TPSA) is 91.0 Å². The summed E-state index contributed by atoms with van der Waals surface area (Å²) in [5.74, 6) is 0.0615. The molecule has 0 amide bonds. The summed E-state index contributed by atoms with van der Waals surface area (Å²) in [5, 5.41) is 26.4. The fraction of sp³-hybridized carbons (Fsp3) is 0. The van der Waals surface area contributed by atoms with Crippen LogP contribution in [-0.4, -0.2) is 32.6 Å². The van der Waals surface area contributed by atoms with E-state index in [1.165, 1.54) is 24.8 Å². The van der Waals surface area contributed by atoms with Gasteiger partial charge in [0, 0.05) is 23.5 Å². The number of nitrogens with zero attached hydrogens (tertiary/aromatic N) is 4. The summed E-state index contributed by atoms with van der Waals surface area (Å²) in [6.07, 6.45) is 8.51. The minimum Gasteiger partial charge on any atom is -0.506 e. The average Bonchev–Trinajstić information content (AvgIpc) is 2.38. The Balaban J connectivity index is 2.08. The first-order valence-corrected chi connectivity index (χ1v) is 5.10. The van der Waals surface area contributed by atoms with Crippen molar-refractivity contribution < 1.29 is 10.2 Å². The molecule has 90 valence electrons. The first-order valence-electron chi connectivity index (χ1n) is 5.10.